The van der Waals surface area contributed by atoms with Crippen molar-refractivity contribution >= 4 is 22.2 Å². The number of hydrazone groups is 1. The lowest BCUT2D eigenvalue weighted by atomic mass is 10.1. The summed E-state index contributed by atoms with van der Waals surface area (Å²) in [6, 6.07) is 11.7. The van der Waals surface area contributed by atoms with E-state index in [0.717, 1.165) is 12.3 Å². The zero-order valence-electron chi connectivity index (χ0n) is 11.8. The number of nitrogens with zero attached hydrogens (tertiary/aromatic N) is 1. The van der Waals surface area contributed by atoms with E-state index in [1.54, 1.807) is 18.2 Å². The van der Waals surface area contributed by atoms with Crippen molar-refractivity contribution in [3.05, 3.63) is 59.7 Å². The lowest BCUT2D eigenvalue weighted by Gasteiger charge is -2.09. The van der Waals surface area contributed by atoms with Crippen LogP contribution in [-0.2, 0) is 21.3 Å². The minimum atomic E-state index is -4.62. The van der Waals surface area contributed by atoms with E-state index in [1.807, 2.05) is 0 Å². The summed E-state index contributed by atoms with van der Waals surface area (Å²) < 4.78 is 33.3. The standard InChI is InChI=1S/C15H14N2O5S/c18-13-6-3-4-11(8-13)9-15(19)17-16-10-12-5-1-2-7-14(12)23(20,21)22/h1-8,10,18H,9H2,(H,17,19)(H,20,21,22)/p-1/b16-10+. The van der Waals surface area contributed by atoms with Gasteiger partial charge in [-0.05, 0) is 23.8 Å². The van der Waals surface area contributed by atoms with Gasteiger partial charge in [-0.15, -0.1) is 0 Å². The topological polar surface area (TPSA) is 119 Å². The molecular weight excluding hydrogens is 320 g/mol. The maximum absolute atomic E-state index is 11.7. The van der Waals surface area contributed by atoms with Crippen LogP contribution < -0.4 is 5.43 Å². The highest BCUT2D eigenvalue weighted by Crippen LogP contribution is 2.13. The van der Waals surface area contributed by atoms with Crippen molar-refractivity contribution in [2.45, 2.75) is 11.3 Å². The van der Waals surface area contributed by atoms with Crippen LogP contribution in [-0.4, -0.2) is 30.2 Å². The fraction of sp³-hybridized carbons (Fsp3) is 0.0667. The van der Waals surface area contributed by atoms with Crippen LogP contribution in [0.5, 0.6) is 5.75 Å². The Balaban J connectivity index is 2.04. The van der Waals surface area contributed by atoms with Gasteiger partial charge in [0.1, 0.15) is 15.9 Å². The molecule has 0 spiro atoms. The predicted octanol–water partition coefficient (Wildman–Crippen LogP) is 0.989. The van der Waals surface area contributed by atoms with Gasteiger partial charge in [-0.1, -0.05) is 30.3 Å². The lowest BCUT2D eigenvalue weighted by molar-refractivity contribution is -0.120. The molecule has 7 nitrogen and oxygen atoms in total. The predicted molar refractivity (Wildman–Crippen MR) is 82.0 cm³/mol. The number of amides is 1. The molecule has 0 aromatic heterocycles. The molecule has 0 aliphatic carbocycles. The molecule has 0 heterocycles. The monoisotopic (exact) mass is 333 g/mol. The van der Waals surface area contributed by atoms with Crippen molar-refractivity contribution in [1.82, 2.24) is 5.43 Å². The van der Waals surface area contributed by atoms with Crippen LogP contribution in [0.15, 0.2) is 58.5 Å². The first-order chi connectivity index (χ1) is 10.9. The Morgan fingerprint density at radius 1 is 1.22 bits per heavy atom. The summed E-state index contributed by atoms with van der Waals surface area (Å²) in [7, 11) is -4.62. The molecule has 0 aliphatic heterocycles. The second-order valence-corrected chi connectivity index (χ2v) is 5.98. The minimum absolute atomic E-state index is 0.00671. The van der Waals surface area contributed by atoms with Crippen molar-refractivity contribution in [3.63, 3.8) is 0 Å². The van der Waals surface area contributed by atoms with E-state index in [2.05, 4.69) is 10.5 Å². The zero-order chi connectivity index (χ0) is 16.9. The summed E-state index contributed by atoms with van der Waals surface area (Å²) in [5, 5.41) is 13.0. The van der Waals surface area contributed by atoms with Gasteiger partial charge in [0.05, 0.1) is 17.5 Å². The number of carbonyl (C=O) groups excluding carboxylic acids is 1. The molecule has 1 amide bonds. The fourth-order valence-corrected chi connectivity index (χ4v) is 2.53. The van der Waals surface area contributed by atoms with Crippen LogP contribution in [0.4, 0.5) is 0 Å². The molecule has 0 saturated heterocycles. The second-order valence-electron chi connectivity index (χ2n) is 4.63. The van der Waals surface area contributed by atoms with Crippen LogP contribution in [0.25, 0.3) is 0 Å². The van der Waals surface area contributed by atoms with Crippen LogP contribution in [0.1, 0.15) is 11.1 Å². The van der Waals surface area contributed by atoms with Gasteiger partial charge in [-0.25, -0.2) is 13.8 Å². The number of hydrogen-bond acceptors (Lipinski definition) is 6. The molecule has 0 aliphatic rings. The van der Waals surface area contributed by atoms with Gasteiger partial charge in [-0.3, -0.25) is 4.79 Å². The normalized spacial score (nSPS) is 11.5. The van der Waals surface area contributed by atoms with Gasteiger partial charge in [0.25, 0.3) is 0 Å². The van der Waals surface area contributed by atoms with Gasteiger partial charge in [0.2, 0.25) is 5.91 Å². The molecule has 120 valence electrons. The fourth-order valence-electron chi connectivity index (χ4n) is 1.88. The van der Waals surface area contributed by atoms with E-state index in [9.17, 15) is 22.9 Å². The van der Waals surface area contributed by atoms with E-state index in [1.165, 1.54) is 24.3 Å². The smallest absolute Gasteiger partial charge is 0.244 e. The molecule has 0 unspecified atom stereocenters. The van der Waals surface area contributed by atoms with Crippen molar-refractivity contribution in [2.75, 3.05) is 0 Å². The van der Waals surface area contributed by atoms with Crippen LogP contribution >= 0.6 is 0 Å². The Kier molecular flexibility index (Phi) is 5.09. The number of phenolic OH excluding ortho intramolecular Hbond substituents is 1. The lowest BCUT2D eigenvalue weighted by Crippen LogP contribution is -2.19. The molecule has 0 fully saturated rings. The Labute approximate surface area is 133 Å². The molecule has 0 bridgehead atoms. The summed E-state index contributed by atoms with van der Waals surface area (Å²) in [5.74, 6) is -0.400. The first-order valence-electron chi connectivity index (χ1n) is 6.51. The third-order valence-electron chi connectivity index (χ3n) is 2.86. The van der Waals surface area contributed by atoms with Gasteiger partial charge in [-0.2, -0.15) is 5.10 Å². The number of phenols is 1. The Morgan fingerprint density at radius 2 is 1.96 bits per heavy atom. The average molecular weight is 333 g/mol. The van der Waals surface area contributed by atoms with E-state index in [4.69, 9.17) is 0 Å². The van der Waals surface area contributed by atoms with Crippen molar-refractivity contribution in [2.24, 2.45) is 5.10 Å². The van der Waals surface area contributed by atoms with Gasteiger partial charge in [0.15, 0.2) is 0 Å². The van der Waals surface area contributed by atoms with Crippen LogP contribution in [0.2, 0.25) is 0 Å². The Bertz CT molecular complexity index is 846. The quantitative estimate of drug-likeness (QED) is 0.480. The number of aromatic hydroxyl groups is 1. The highest BCUT2D eigenvalue weighted by atomic mass is 32.2. The molecule has 2 rings (SSSR count). The largest absolute Gasteiger partial charge is 0.744 e. The molecule has 2 aromatic rings. The number of rotatable bonds is 5. The van der Waals surface area contributed by atoms with Gasteiger partial charge in [0, 0.05) is 5.56 Å². The number of nitrogens with one attached hydrogen (secondary N) is 1. The van der Waals surface area contributed by atoms with Crippen molar-refractivity contribution in [3.8, 4) is 5.75 Å². The maximum atomic E-state index is 11.7. The van der Waals surface area contributed by atoms with Gasteiger partial charge < -0.3 is 9.66 Å². The van der Waals surface area contributed by atoms with E-state index in [0.29, 0.717) is 5.56 Å². The summed E-state index contributed by atoms with van der Waals surface area (Å²) in [6.45, 7) is 0. The minimum Gasteiger partial charge on any atom is -0.744 e. The molecule has 2 aromatic carbocycles. The summed E-state index contributed by atoms with van der Waals surface area (Å²) in [4.78, 5) is 11.3. The SMILES string of the molecule is O=C(Cc1cccc(O)c1)N/N=C/c1ccccc1S(=O)(=O)[O-]. The number of carbonyl (C=O) groups is 1. The summed E-state index contributed by atoms with van der Waals surface area (Å²) in [5.41, 5.74) is 2.91. The molecule has 0 saturated carbocycles. The maximum Gasteiger partial charge on any atom is 0.244 e. The van der Waals surface area contributed by atoms with Crippen LogP contribution in [0.3, 0.4) is 0 Å². The Hall–Kier alpha value is -2.71. The molecular formula is C15H13N2O5S-. The van der Waals surface area contributed by atoms with E-state index in [-0.39, 0.29) is 17.7 Å². The van der Waals surface area contributed by atoms with Gasteiger partial charge >= 0.3 is 0 Å². The molecule has 8 heteroatoms. The highest BCUT2D eigenvalue weighted by Gasteiger charge is 2.06. The third-order valence-corrected chi connectivity index (χ3v) is 3.77. The zero-order valence-corrected chi connectivity index (χ0v) is 12.7. The van der Waals surface area contributed by atoms with E-state index >= 15 is 0 Å². The van der Waals surface area contributed by atoms with E-state index < -0.39 is 20.9 Å². The summed E-state index contributed by atoms with van der Waals surface area (Å²) >= 11 is 0. The molecule has 0 radical (unpaired) electrons. The Morgan fingerprint density at radius 3 is 2.65 bits per heavy atom. The highest BCUT2D eigenvalue weighted by molar-refractivity contribution is 7.85. The molecule has 23 heavy (non-hydrogen) atoms. The van der Waals surface area contributed by atoms with Crippen molar-refractivity contribution < 1.29 is 22.9 Å². The third kappa shape index (κ3) is 4.90. The number of hydrogen-bond donors (Lipinski definition) is 2. The molecule has 2 N–H and O–H groups in total. The van der Waals surface area contributed by atoms with Crippen molar-refractivity contribution in [1.29, 1.82) is 0 Å². The summed E-state index contributed by atoms with van der Waals surface area (Å²) in [6.07, 6.45) is 1.08. The molecule has 0 atom stereocenters. The second kappa shape index (κ2) is 7.03. The first-order valence-corrected chi connectivity index (χ1v) is 7.92. The number of benzene rings is 2. The first kappa shape index (κ1) is 16.7. The van der Waals surface area contributed by atoms with Crippen LogP contribution in [0, 0.1) is 0 Å². The average Bonchev–Trinajstić information content (AvgIpc) is 2.46.